The topological polar surface area (TPSA) is 58.6 Å². The number of nitrogens with zero attached hydrogens (tertiary/aromatic N) is 1. The van der Waals surface area contributed by atoms with Crippen LogP contribution in [0.1, 0.15) is 36.8 Å². The molecule has 36 heavy (non-hydrogen) atoms. The number of carbonyl (C=O) groups is 2. The second kappa shape index (κ2) is 13.1. The van der Waals surface area contributed by atoms with Gasteiger partial charge in [-0.25, -0.2) is 0 Å². The Morgan fingerprint density at radius 2 is 1.61 bits per heavy atom. The first kappa shape index (κ1) is 26.5. The maximum absolute atomic E-state index is 13.6. The number of amides is 2. The normalized spacial score (nSPS) is 14.3. The van der Waals surface area contributed by atoms with E-state index in [4.69, 9.17) is 16.3 Å². The Morgan fingerprint density at radius 3 is 2.28 bits per heavy atom. The molecule has 1 aliphatic carbocycles. The predicted octanol–water partition coefficient (Wildman–Crippen LogP) is 6.02. The van der Waals surface area contributed by atoms with E-state index in [2.05, 4.69) is 27.9 Å². The SMILES string of the molecule is O=C(NC1CCCC1)[C@@H](Cc1ccccc1)N(Cc1ccc(Cl)cc1)C(=O)COc1ccc(I)cc1. The average Bonchev–Trinajstić information content (AvgIpc) is 3.40. The Balaban J connectivity index is 1.59. The van der Waals surface area contributed by atoms with Crippen LogP contribution in [0, 0.1) is 3.57 Å². The molecule has 5 nitrogen and oxygen atoms in total. The summed E-state index contributed by atoms with van der Waals surface area (Å²) in [5, 5.41) is 3.84. The van der Waals surface area contributed by atoms with Gasteiger partial charge in [0.1, 0.15) is 11.8 Å². The lowest BCUT2D eigenvalue weighted by Gasteiger charge is -2.32. The Hall–Kier alpha value is -2.58. The Labute approximate surface area is 231 Å². The first-order chi connectivity index (χ1) is 17.5. The first-order valence-corrected chi connectivity index (χ1v) is 13.7. The summed E-state index contributed by atoms with van der Waals surface area (Å²) in [6.07, 6.45) is 4.61. The van der Waals surface area contributed by atoms with Crippen molar-refractivity contribution >= 4 is 46.0 Å². The van der Waals surface area contributed by atoms with Crippen molar-refractivity contribution in [3.8, 4) is 5.75 Å². The maximum Gasteiger partial charge on any atom is 0.261 e. The van der Waals surface area contributed by atoms with E-state index in [1.54, 1.807) is 17.0 Å². The number of carbonyl (C=O) groups excluding carboxylic acids is 2. The summed E-state index contributed by atoms with van der Waals surface area (Å²) in [6, 6.07) is 24.2. The van der Waals surface area contributed by atoms with Crippen molar-refractivity contribution in [1.82, 2.24) is 10.2 Å². The minimum Gasteiger partial charge on any atom is -0.484 e. The minimum absolute atomic E-state index is 0.123. The van der Waals surface area contributed by atoms with Crippen LogP contribution < -0.4 is 10.1 Å². The molecule has 3 aromatic carbocycles. The number of halogens is 2. The second-order valence-electron chi connectivity index (χ2n) is 9.09. The fraction of sp³-hybridized carbons (Fsp3) is 0.310. The van der Waals surface area contributed by atoms with Crippen LogP contribution in [0.15, 0.2) is 78.9 Å². The molecule has 0 aromatic heterocycles. The van der Waals surface area contributed by atoms with Gasteiger partial charge in [-0.15, -0.1) is 0 Å². The van der Waals surface area contributed by atoms with Gasteiger partial charge in [0, 0.05) is 27.6 Å². The molecular formula is C29H30ClIN2O3. The number of hydrogen-bond acceptors (Lipinski definition) is 3. The van der Waals surface area contributed by atoms with E-state index in [0.717, 1.165) is 40.4 Å². The van der Waals surface area contributed by atoms with Crippen LogP contribution in [0.5, 0.6) is 5.75 Å². The highest BCUT2D eigenvalue weighted by Gasteiger charge is 2.32. The molecule has 0 saturated heterocycles. The number of ether oxygens (including phenoxy) is 1. The van der Waals surface area contributed by atoms with Crippen molar-refractivity contribution in [1.29, 1.82) is 0 Å². The third-order valence-corrected chi connectivity index (χ3v) is 7.39. The van der Waals surface area contributed by atoms with Gasteiger partial charge in [0.05, 0.1) is 0 Å². The lowest BCUT2D eigenvalue weighted by molar-refractivity contribution is -0.143. The summed E-state index contributed by atoms with van der Waals surface area (Å²) in [5.74, 6) is 0.249. The van der Waals surface area contributed by atoms with E-state index >= 15 is 0 Å². The summed E-state index contributed by atoms with van der Waals surface area (Å²) < 4.78 is 6.91. The Kier molecular flexibility index (Phi) is 9.64. The number of nitrogens with one attached hydrogen (secondary N) is 1. The largest absolute Gasteiger partial charge is 0.484 e. The van der Waals surface area contributed by atoms with Crippen LogP contribution >= 0.6 is 34.2 Å². The van der Waals surface area contributed by atoms with Gasteiger partial charge in [-0.1, -0.05) is 66.9 Å². The molecule has 188 valence electrons. The van der Waals surface area contributed by atoms with Crippen molar-refractivity contribution < 1.29 is 14.3 Å². The zero-order valence-corrected chi connectivity index (χ0v) is 23.0. The van der Waals surface area contributed by atoms with Gasteiger partial charge in [0.2, 0.25) is 5.91 Å². The molecule has 7 heteroatoms. The fourth-order valence-corrected chi connectivity index (χ4v) is 4.95. The molecule has 0 spiro atoms. The van der Waals surface area contributed by atoms with E-state index in [1.165, 1.54) is 0 Å². The summed E-state index contributed by atoms with van der Waals surface area (Å²) >= 11 is 8.31. The summed E-state index contributed by atoms with van der Waals surface area (Å²) in [5.41, 5.74) is 1.89. The molecule has 0 radical (unpaired) electrons. The van der Waals surface area contributed by atoms with Gasteiger partial charge in [-0.3, -0.25) is 9.59 Å². The van der Waals surface area contributed by atoms with E-state index in [-0.39, 0.29) is 31.0 Å². The van der Waals surface area contributed by atoms with Crippen molar-refractivity contribution in [2.75, 3.05) is 6.61 Å². The highest BCUT2D eigenvalue weighted by atomic mass is 127. The van der Waals surface area contributed by atoms with E-state index < -0.39 is 6.04 Å². The standard InChI is InChI=1S/C29H30ClIN2O3/c30-23-12-10-22(11-13-23)19-33(28(34)20-36-26-16-14-24(31)15-17-26)27(18-21-6-2-1-3-7-21)29(35)32-25-8-4-5-9-25/h1-3,6-7,10-17,25,27H,4-5,8-9,18-20H2,(H,32,35)/t27-/m1/s1. The molecule has 2 amide bonds. The van der Waals surface area contributed by atoms with Gasteiger partial charge in [-0.2, -0.15) is 0 Å². The third-order valence-electron chi connectivity index (χ3n) is 6.41. The van der Waals surface area contributed by atoms with Crippen LogP contribution in [0.2, 0.25) is 5.02 Å². The smallest absolute Gasteiger partial charge is 0.261 e. The molecule has 1 saturated carbocycles. The molecule has 4 rings (SSSR count). The van der Waals surface area contributed by atoms with Gasteiger partial charge >= 0.3 is 0 Å². The molecule has 1 fully saturated rings. The molecule has 0 unspecified atom stereocenters. The minimum atomic E-state index is -0.670. The molecule has 3 aromatic rings. The number of rotatable bonds is 10. The van der Waals surface area contributed by atoms with Crippen LogP contribution in [0.3, 0.4) is 0 Å². The zero-order chi connectivity index (χ0) is 25.3. The van der Waals surface area contributed by atoms with Gasteiger partial charge in [0.15, 0.2) is 6.61 Å². The van der Waals surface area contributed by atoms with E-state index in [9.17, 15) is 9.59 Å². The van der Waals surface area contributed by atoms with Crippen molar-refractivity contribution in [2.24, 2.45) is 0 Å². The molecule has 0 heterocycles. The van der Waals surface area contributed by atoms with E-state index in [1.807, 2.05) is 66.7 Å². The third kappa shape index (κ3) is 7.71. The predicted molar refractivity (Wildman–Crippen MR) is 151 cm³/mol. The lowest BCUT2D eigenvalue weighted by Crippen LogP contribution is -2.53. The zero-order valence-electron chi connectivity index (χ0n) is 20.0. The van der Waals surface area contributed by atoms with E-state index in [0.29, 0.717) is 17.2 Å². The van der Waals surface area contributed by atoms with Gasteiger partial charge < -0.3 is 15.0 Å². The first-order valence-electron chi connectivity index (χ1n) is 12.2. The summed E-state index contributed by atoms with van der Waals surface area (Å²) in [4.78, 5) is 28.9. The average molecular weight is 617 g/mol. The van der Waals surface area contributed by atoms with Gasteiger partial charge in [0.25, 0.3) is 5.91 Å². The summed E-state index contributed by atoms with van der Waals surface area (Å²) in [6.45, 7) is 0.123. The molecule has 0 aliphatic heterocycles. The molecule has 1 atom stereocenters. The molecular weight excluding hydrogens is 587 g/mol. The fourth-order valence-electron chi connectivity index (χ4n) is 4.47. The van der Waals surface area contributed by atoms with Crippen LogP contribution in [0.25, 0.3) is 0 Å². The second-order valence-corrected chi connectivity index (χ2v) is 10.8. The maximum atomic E-state index is 13.6. The lowest BCUT2D eigenvalue weighted by atomic mass is 10.0. The number of hydrogen-bond donors (Lipinski definition) is 1. The monoisotopic (exact) mass is 616 g/mol. The Morgan fingerprint density at radius 1 is 0.944 bits per heavy atom. The molecule has 1 N–H and O–H groups in total. The van der Waals surface area contributed by atoms with Crippen molar-refractivity contribution in [2.45, 2.75) is 50.7 Å². The van der Waals surface area contributed by atoms with Crippen molar-refractivity contribution in [3.63, 3.8) is 0 Å². The molecule has 0 bridgehead atoms. The highest BCUT2D eigenvalue weighted by Crippen LogP contribution is 2.21. The highest BCUT2D eigenvalue weighted by molar-refractivity contribution is 14.1. The number of benzene rings is 3. The van der Waals surface area contributed by atoms with Crippen LogP contribution in [-0.2, 0) is 22.6 Å². The molecule has 1 aliphatic rings. The summed E-state index contributed by atoms with van der Waals surface area (Å²) in [7, 11) is 0. The Bertz CT molecular complexity index is 1130. The van der Waals surface area contributed by atoms with Crippen molar-refractivity contribution in [3.05, 3.63) is 98.6 Å². The van der Waals surface area contributed by atoms with Crippen LogP contribution in [-0.4, -0.2) is 35.4 Å². The quantitative estimate of drug-likeness (QED) is 0.284. The van der Waals surface area contributed by atoms with Crippen LogP contribution in [0.4, 0.5) is 0 Å². The van der Waals surface area contributed by atoms with Gasteiger partial charge in [-0.05, 0) is 83.0 Å².